The Balaban J connectivity index is 1.22. The van der Waals surface area contributed by atoms with Crippen LogP contribution >= 0.6 is 23.1 Å². The number of carbonyl (C=O) groups excluding carboxylic acids is 2. The van der Waals surface area contributed by atoms with Gasteiger partial charge < -0.3 is 0 Å². The molecule has 0 radical (unpaired) electrons. The highest BCUT2D eigenvalue weighted by molar-refractivity contribution is 7.99. The summed E-state index contributed by atoms with van der Waals surface area (Å²) in [6, 6.07) is 26.4. The van der Waals surface area contributed by atoms with Gasteiger partial charge in [-0.25, -0.2) is 4.98 Å². The number of hydrogen-bond donors (Lipinski definition) is 0. The van der Waals surface area contributed by atoms with Crippen LogP contribution in [0.15, 0.2) is 100 Å². The van der Waals surface area contributed by atoms with E-state index in [0.717, 1.165) is 28.1 Å². The highest BCUT2D eigenvalue weighted by Gasteiger charge is 2.34. The fraction of sp³-hybridized carbons (Fsp3) is 0.133. The average Bonchev–Trinajstić information content (AvgIpc) is 3.49. The first-order valence-electron chi connectivity index (χ1n) is 12.4. The number of nitrogens with zero attached hydrogens (tertiary/aromatic N) is 3. The lowest BCUT2D eigenvalue weighted by molar-refractivity contribution is 0.0652. The Bertz CT molecular complexity index is 1680. The van der Waals surface area contributed by atoms with Gasteiger partial charge in [-0.2, -0.15) is 0 Å². The Kier molecular flexibility index (Phi) is 6.66. The van der Waals surface area contributed by atoms with Crippen LogP contribution in [0.5, 0.6) is 0 Å². The molecule has 3 aromatic carbocycles. The van der Waals surface area contributed by atoms with Crippen molar-refractivity contribution in [2.24, 2.45) is 0 Å². The summed E-state index contributed by atoms with van der Waals surface area (Å²) in [6.45, 7) is 0.371. The van der Waals surface area contributed by atoms with Gasteiger partial charge in [0.1, 0.15) is 4.83 Å². The van der Waals surface area contributed by atoms with Crippen LogP contribution in [-0.4, -0.2) is 38.6 Å². The molecule has 5 aromatic rings. The smallest absolute Gasteiger partial charge is 0.268 e. The molecule has 38 heavy (non-hydrogen) atoms. The molecule has 0 fully saturated rings. The predicted octanol–water partition coefficient (Wildman–Crippen LogP) is 6.28. The number of thiophene rings is 1. The molecule has 0 saturated carbocycles. The van der Waals surface area contributed by atoms with Crippen LogP contribution in [0.25, 0.3) is 27.0 Å². The van der Waals surface area contributed by atoms with E-state index in [2.05, 4.69) is 0 Å². The topological polar surface area (TPSA) is 72.3 Å². The zero-order chi connectivity index (χ0) is 26.1. The van der Waals surface area contributed by atoms with Gasteiger partial charge in [0, 0.05) is 23.2 Å². The Labute approximate surface area is 227 Å². The first-order valence-corrected chi connectivity index (χ1v) is 14.2. The number of imide groups is 1. The Hall–Kier alpha value is -4.01. The van der Waals surface area contributed by atoms with E-state index in [0.29, 0.717) is 40.4 Å². The largest absolute Gasteiger partial charge is 0.274 e. The zero-order valence-corrected chi connectivity index (χ0v) is 22.0. The molecule has 0 spiro atoms. The van der Waals surface area contributed by atoms with E-state index in [4.69, 9.17) is 4.98 Å². The second-order valence-corrected chi connectivity index (χ2v) is 10.8. The van der Waals surface area contributed by atoms with Crippen LogP contribution < -0.4 is 5.56 Å². The van der Waals surface area contributed by atoms with Crippen LogP contribution in [0.1, 0.15) is 33.6 Å². The van der Waals surface area contributed by atoms with E-state index in [1.54, 1.807) is 28.8 Å². The lowest BCUT2D eigenvalue weighted by Crippen LogP contribution is -2.30. The van der Waals surface area contributed by atoms with Crippen molar-refractivity contribution in [3.63, 3.8) is 0 Å². The number of benzene rings is 3. The molecule has 0 saturated heterocycles. The van der Waals surface area contributed by atoms with Crippen LogP contribution in [0.2, 0.25) is 0 Å². The van der Waals surface area contributed by atoms with Gasteiger partial charge >= 0.3 is 0 Å². The Morgan fingerprint density at radius 1 is 0.737 bits per heavy atom. The fourth-order valence-corrected chi connectivity index (χ4v) is 6.68. The van der Waals surface area contributed by atoms with Gasteiger partial charge in [-0.3, -0.25) is 23.9 Å². The van der Waals surface area contributed by atoms with E-state index in [-0.39, 0.29) is 17.4 Å². The number of para-hydroxylation sites is 1. The molecule has 6 nitrogen and oxygen atoms in total. The molecule has 6 rings (SSSR count). The summed E-state index contributed by atoms with van der Waals surface area (Å²) in [5, 5.41) is 3.26. The molecule has 0 bridgehead atoms. The molecule has 1 aliphatic rings. The molecule has 0 N–H and O–H groups in total. The van der Waals surface area contributed by atoms with E-state index in [1.807, 2.05) is 66.0 Å². The summed E-state index contributed by atoms with van der Waals surface area (Å²) >= 11 is 2.99. The first-order chi connectivity index (χ1) is 18.6. The molecular formula is C30H23N3O3S2. The summed E-state index contributed by atoms with van der Waals surface area (Å²) in [5.41, 5.74) is 3.51. The van der Waals surface area contributed by atoms with Gasteiger partial charge in [0.2, 0.25) is 0 Å². The third kappa shape index (κ3) is 4.36. The van der Waals surface area contributed by atoms with Gasteiger partial charge in [0.05, 0.1) is 22.2 Å². The monoisotopic (exact) mass is 537 g/mol. The van der Waals surface area contributed by atoms with E-state index >= 15 is 0 Å². The van der Waals surface area contributed by atoms with Crippen LogP contribution in [0.3, 0.4) is 0 Å². The Morgan fingerprint density at radius 2 is 1.37 bits per heavy atom. The van der Waals surface area contributed by atoms with Crippen molar-refractivity contribution in [2.75, 3.05) is 12.3 Å². The van der Waals surface area contributed by atoms with E-state index < -0.39 is 0 Å². The molecular weight excluding hydrogens is 514 g/mol. The minimum absolute atomic E-state index is 0.0881. The third-order valence-corrected chi connectivity index (χ3v) is 8.46. The molecule has 3 heterocycles. The summed E-state index contributed by atoms with van der Waals surface area (Å²) < 4.78 is 1.69. The molecule has 2 aromatic heterocycles. The van der Waals surface area contributed by atoms with Gasteiger partial charge in [-0.15, -0.1) is 11.3 Å². The molecule has 188 valence electrons. The van der Waals surface area contributed by atoms with Crippen molar-refractivity contribution in [3.05, 3.63) is 112 Å². The summed E-state index contributed by atoms with van der Waals surface area (Å²) in [7, 11) is 0. The van der Waals surface area contributed by atoms with E-state index in [1.165, 1.54) is 28.0 Å². The van der Waals surface area contributed by atoms with Gasteiger partial charge in [0.25, 0.3) is 17.4 Å². The van der Waals surface area contributed by atoms with Crippen LogP contribution in [0, 0.1) is 0 Å². The number of carbonyl (C=O) groups is 2. The highest BCUT2D eigenvalue weighted by atomic mass is 32.2. The maximum Gasteiger partial charge on any atom is 0.268 e. The van der Waals surface area contributed by atoms with Crippen molar-refractivity contribution in [1.29, 1.82) is 0 Å². The first kappa shape index (κ1) is 24.3. The molecule has 0 aliphatic carbocycles. The third-order valence-electron chi connectivity index (χ3n) is 6.56. The number of thioether (sulfide) groups is 1. The maximum atomic E-state index is 13.9. The number of unbranched alkanes of at least 4 members (excludes halogenated alkanes) is 1. The number of aromatic nitrogens is 2. The number of amides is 2. The average molecular weight is 538 g/mol. The lowest BCUT2D eigenvalue weighted by Gasteiger charge is -2.14. The normalized spacial score (nSPS) is 12.9. The quantitative estimate of drug-likeness (QED) is 0.101. The SMILES string of the molecule is O=C1c2ccccc2C(=O)N1CCCCSc1nc2scc(-c3ccccc3)c2c(=O)n1-c1ccccc1. The molecule has 0 atom stereocenters. The minimum Gasteiger partial charge on any atom is -0.274 e. The second kappa shape index (κ2) is 10.4. The van der Waals surface area contributed by atoms with Gasteiger partial charge in [-0.05, 0) is 42.7 Å². The fourth-order valence-electron chi connectivity index (χ4n) is 4.68. The van der Waals surface area contributed by atoms with Crippen molar-refractivity contribution in [3.8, 4) is 16.8 Å². The van der Waals surface area contributed by atoms with Crippen molar-refractivity contribution >= 4 is 45.1 Å². The van der Waals surface area contributed by atoms with Crippen LogP contribution in [-0.2, 0) is 0 Å². The Morgan fingerprint density at radius 3 is 2.05 bits per heavy atom. The molecule has 2 amide bonds. The number of fused-ring (bicyclic) bond motifs is 2. The lowest BCUT2D eigenvalue weighted by atomic mass is 10.1. The highest BCUT2D eigenvalue weighted by Crippen LogP contribution is 2.33. The molecule has 1 aliphatic heterocycles. The van der Waals surface area contributed by atoms with Crippen LogP contribution in [0.4, 0.5) is 0 Å². The zero-order valence-electron chi connectivity index (χ0n) is 20.4. The van der Waals surface area contributed by atoms with Gasteiger partial charge in [0.15, 0.2) is 5.16 Å². The van der Waals surface area contributed by atoms with Crippen molar-refractivity contribution < 1.29 is 9.59 Å². The number of hydrogen-bond acceptors (Lipinski definition) is 6. The predicted molar refractivity (Wildman–Crippen MR) is 152 cm³/mol. The van der Waals surface area contributed by atoms with Crippen molar-refractivity contribution in [1.82, 2.24) is 14.5 Å². The molecule has 8 heteroatoms. The summed E-state index contributed by atoms with van der Waals surface area (Å²) in [6.07, 6.45) is 1.44. The van der Waals surface area contributed by atoms with Crippen molar-refractivity contribution in [2.45, 2.75) is 18.0 Å². The van der Waals surface area contributed by atoms with Gasteiger partial charge in [-0.1, -0.05) is 72.4 Å². The number of rotatable bonds is 8. The second-order valence-electron chi connectivity index (χ2n) is 8.93. The van der Waals surface area contributed by atoms with E-state index in [9.17, 15) is 14.4 Å². The standard InChI is InChI=1S/C30H23N3O3S2/c34-27-22-15-7-8-16-23(22)28(35)32(27)17-9-10-18-37-30-31-26-25(24(19-38-26)20-11-3-1-4-12-20)29(36)33(30)21-13-5-2-6-14-21/h1-8,11-16,19H,9-10,17-18H2. The minimum atomic E-state index is -0.227. The summed E-state index contributed by atoms with van der Waals surface area (Å²) in [5.74, 6) is 0.246. The maximum absolute atomic E-state index is 13.9. The molecule has 0 unspecified atom stereocenters. The summed E-state index contributed by atoms with van der Waals surface area (Å²) in [4.78, 5) is 46.1.